The topological polar surface area (TPSA) is 44.8 Å². The van der Waals surface area contributed by atoms with E-state index < -0.39 is 5.97 Å². The van der Waals surface area contributed by atoms with E-state index in [1.54, 1.807) is 0 Å². The SMILES string of the molecule is Cc1ccccc1OCOC(=O)COc1ccccc1C. The Labute approximate surface area is 124 Å². The number of benzene rings is 2. The van der Waals surface area contributed by atoms with Crippen LogP contribution in [0.1, 0.15) is 11.1 Å². The Morgan fingerprint density at radius 3 is 1.95 bits per heavy atom. The summed E-state index contributed by atoms with van der Waals surface area (Å²) in [7, 11) is 0. The molecule has 0 saturated carbocycles. The summed E-state index contributed by atoms with van der Waals surface area (Å²) < 4.78 is 15.8. The molecule has 21 heavy (non-hydrogen) atoms. The Bertz CT molecular complexity index is 607. The first-order valence-corrected chi connectivity index (χ1v) is 6.69. The number of esters is 1. The van der Waals surface area contributed by atoms with Gasteiger partial charge in [0.15, 0.2) is 6.61 Å². The first-order chi connectivity index (χ1) is 10.2. The average Bonchev–Trinajstić information content (AvgIpc) is 2.48. The zero-order chi connectivity index (χ0) is 15.1. The maximum Gasteiger partial charge on any atom is 0.347 e. The Morgan fingerprint density at radius 2 is 1.38 bits per heavy atom. The average molecular weight is 286 g/mol. The summed E-state index contributed by atoms with van der Waals surface area (Å²) in [6.45, 7) is 3.59. The van der Waals surface area contributed by atoms with Gasteiger partial charge in [0, 0.05) is 0 Å². The zero-order valence-corrected chi connectivity index (χ0v) is 12.2. The van der Waals surface area contributed by atoms with Crippen LogP contribution in [0.2, 0.25) is 0 Å². The molecule has 0 aliphatic carbocycles. The Hall–Kier alpha value is -2.49. The van der Waals surface area contributed by atoms with Gasteiger partial charge in [-0.25, -0.2) is 4.79 Å². The van der Waals surface area contributed by atoms with E-state index in [0.717, 1.165) is 11.1 Å². The highest BCUT2D eigenvalue weighted by atomic mass is 16.7. The number of rotatable bonds is 6. The summed E-state index contributed by atoms with van der Waals surface area (Å²) in [4.78, 5) is 11.6. The van der Waals surface area contributed by atoms with Crippen molar-refractivity contribution in [1.82, 2.24) is 0 Å². The van der Waals surface area contributed by atoms with Crippen molar-refractivity contribution >= 4 is 5.97 Å². The van der Waals surface area contributed by atoms with E-state index in [1.807, 2.05) is 62.4 Å². The fraction of sp³-hybridized carbons (Fsp3) is 0.235. The molecule has 0 N–H and O–H groups in total. The van der Waals surface area contributed by atoms with Crippen LogP contribution in [-0.4, -0.2) is 19.4 Å². The third kappa shape index (κ3) is 4.53. The lowest BCUT2D eigenvalue weighted by Gasteiger charge is -2.10. The number of carbonyl (C=O) groups excluding carboxylic acids is 1. The van der Waals surface area contributed by atoms with Crippen LogP contribution in [0.25, 0.3) is 0 Å². The standard InChI is InChI=1S/C17H18O4/c1-13-7-3-5-9-15(13)19-11-17(18)21-12-20-16-10-6-4-8-14(16)2/h3-10H,11-12H2,1-2H3. The lowest BCUT2D eigenvalue weighted by atomic mass is 10.2. The van der Waals surface area contributed by atoms with Crippen LogP contribution in [-0.2, 0) is 9.53 Å². The van der Waals surface area contributed by atoms with E-state index in [0.29, 0.717) is 11.5 Å². The fourth-order valence-electron chi connectivity index (χ4n) is 1.77. The van der Waals surface area contributed by atoms with Crippen LogP contribution in [0, 0.1) is 13.8 Å². The zero-order valence-electron chi connectivity index (χ0n) is 12.2. The Morgan fingerprint density at radius 1 is 0.857 bits per heavy atom. The second kappa shape index (κ2) is 7.33. The third-order valence-corrected chi connectivity index (χ3v) is 2.97. The Kier molecular flexibility index (Phi) is 5.21. The van der Waals surface area contributed by atoms with E-state index in [2.05, 4.69) is 0 Å². The molecule has 2 aromatic carbocycles. The third-order valence-electron chi connectivity index (χ3n) is 2.97. The van der Waals surface area contributed by atoms with Crippen molar-refractivity contribution in [3.05, 3.63) is 59.7 Å². The highest BCUT2D eigenvalue weighted by molar-refractivity contribution is 5.71. The minimum absolute atomic E-state index is 0.124. The van der Waals surface area contributed by atoms with E-state index in [4.69, 9.17) is 14.2 Å². The van der Waals surface area contributed by atoms with Crippen molar-refractivity contribution in [2.45, 2.75) is 13.8 Å². The van der Waals surface area contributed by atoms with Crippen LogP contribution in [0.5, 0.6) is 11.5 Å². The molecular weight excluding hydrogens is 268 g/mol. The molecule has 0 heterocycles. The van der Waals surface area contributed by atoms with Crippen molar-refractivity contribution in [2.24, 2.45) is 0 Å². The second-order valence-electron chi connectivity index (χ2n) is 4.60. The fourth-order valence-corrected chi connectivity index (χ4v) is 1.77. The van der Waals surface area contributed by atoms with Gasteiger partial charge in [-0.15, -0.1) is 0 Å². The van der Waals surface area contributed by atoms with Crippen LogP contribution in [0.4, 0.5) is 0 Å². The first kappa shape index (κ1) is 14.9. The lowest BCUT2D eigenvalue weighted by Crippen LogP contribution is -2.18. The lowest BCUT2D eigenvalue weighted by molar-refractivity contribution is -0.152. The predicted molar refractivity (Wildman–Crippen MR) is 79.4 cm³/mol. The largest absolute Gasteiger partial charge is 0.482 e. The maximum atomic E-state index is 11.6. The van der Waals surface area contributed by atoms with Crippen molar-refractivity contribution in [3.63, 3.8) is 0 Å². The molecule has 2 rings (SSSR count). The van der Waals surface area contributed by atoms with Gasteiger partial charge < -0.3 is 14.2 Å². The molecule has 0 atom stereocenters. The summed E-state index contributed by atoms with van der Waals surface area (Å²) in [5.74, 6) is 0.909. The predicted octanol–water partition coefficient (Wildman–Crippen LogP) is 3.26. The summed E-state index contributed by atoms with van der Waals surface area (Å²) in [5.41, 5.74) is 1.96. The van der Waals surface area contributed by atoms with Crippen LogP contribution in [0.15, 0.2) is 48.5 Å². The molecule has 0 unspecified atom stereocenters. The highest BCUT2D eigenvalue weighted by Crippen LogP contribution is 2.17. The van der Waals surface area contributed by atoms with Crippen LogP contribution >= 0.6 is 0 Å². The van der Waals surface area contributed by atoms with Crippen molar-refractivity contribution < 1.29 is 19.0 Å². The molecule has 4 nitrogen and oxygen atoms in total. The van der Waals surface area contributed by atoms with Gasteiger partial charge in [0.05, 0.1) is 0 Å². The van der Waals surface area contributed by atoms with Crippen molar-refractivity contribution in [3.8, 4) is 11.5 Å². The molecule has 0 radical (unpaired) electrons. The Balaban J connectivity index is 1.73. The van der Waals surface area contributed by atoms with Gasteiger partial charge in [0.1, 0.15) is 11.5 Å². The smallest absolute Gasteiger partial charge is 0.347 e. The molecule has 0 aliphatic rings. The number of carbonyl (C=O) groups is 1. The first-order valence-electron chi connectivity index (χ1n) is 6.69. The molecule has 110 valence electrons. The number of ether oxygens (including phenoxy) is 3. The molecule has 0 aliphatic heterocycles. The molecule has 0 spiro atoms. The number of para-hydroxylation sites is 2. The maximum absolute atomic E-state index is 11.6. The van der Waals surface area contributed by atoms with Gasteiger partial charge in [0.25, 0.3) is 0 Å². The molecule has 2 aromatic rings. The van der Waals surface area contributed by atoms with E-state index in [-0.39, 0.29) is 13.4 Å². The van der Waals surface area contributed by atoms with Gasteiger partial charge in [0.2, 0.25) is 6.79 Å². The number of hydrogen-bond acceptors (Lipinski definition) is 4. The molecule has 0 aromatic heterocycles. The summed E-state index contributed by atoms with van der Waals surface area (Å²) >= 11 is 0. The van der Waals surface area contributed by atoms with E-state index in [1.165, 1.54) is 0 Å². The van der Waals surface area contributed by atoms with Crippen LogP contribution < -0.4 is 9.47 Å². The molecule has 0 fully saturated rings. The normalized spacial score (nSPS) is 10.0. The summed E-state index contributed by atoms with van der Waals surface area (Å²) in [6.07, 6.45) is 0. The van der Waals surface area contributed by atoms with Crippen molar-refractivity contribution in [1.29, 1.82) is 0 Å². The summed E-state index contributed by atoms with van der Waals surface area (Å²) in [5, 5.41) is 0. The number of hydrogen-bond donors (Lipinski definition) is 0. The highest BCUT2D eigenvalue weighted by Gasteiger charge is 2.06. The molecule has 0 bridgehead atoms. The molecule has 0 saturated heterocycles. The van der Waals surface area contributed by atoms with Gasteiger partial charge >= 0.3 is 5.97 Å². The van der Waals surface area contributed by atoms with Gasteiger partial charge in [-0.05, 0) is 37.1 Å². The summed E-state index contributed by atoms with van der Waals surface area (Å²) in [6, 6.07) is 15.0. The minimum atomic E-state index is -0.466. The quantitative estimate of drug-likeness (QED) is 0.604. The number of aryl methyl sites for hydroxylation is 2. The van der Waals surface area contributed by atoms with Gasteiger partial charge in [-0.1, -0.05) is 36.4 Å². The monoisotopic (exact) mass is 286 g/mol. The second-order valence-corrected chi connectivity index (χ2v) is 4.60. The van der Waals surface area contributed by atoms with E-state index in [9.17, 15) is 4.79 Å². The van der Waals surface area contributed by atoms with Gasteiger partial charge in [-0.2, -0.15) is 0 Å². The van der Waals surface area contributed by atoms with E-state index >= 15 is 0 Å². The molecular formula is C17H18O4. The molecule has 0 amide bonds. The minimum Gasteiger partial charge on any atom is -0.482 e. The van der Waals surface area contributed by atoms with Crippen molar-refractivity contribution in [2.75, 3.05) is 13.4 Å². The van der Waals surface area contributed by atoms with Gasteiger partial charge in [-0.3, -0.25) is 0 Å². The van der Waals surface area contributed by atoms with Crippen LogP contribution in [0.3, 0.4) is 0 Å². The molecule has 4 heteroatoms.